The van der Waals surface area contributed by atoms with Crippen LogP contribution in [0.5, 0.6) is 0 Å². The third kappa shape index (κ3) is 3.34. The summed E-state index contributed by atoms with van der Waals surface area (Å²) in [7, 11) is 0. The summed E-state index contributed by atoms with van der Waals surface area (Å²) < 4.78 is 0. The van der Waals surface area contributed by atoms with Crippen molar-refractivity contribution in [1.29, 1.82) is 0 Å². The van der Waals surface area contributed by atoms with Gasteiger partial charge in [-0.05, 0) is 36.6 Å². The molecule has 1 N–H and O–H groups in total. The van der Waals surface area contributed by atoms with Crippen LogP contribution < -0.4 is 5.32 Å². The van der Waals surface area contributed by atoms with Gasteiger partial charge in [-0.1, -0.05) is 17.7 Å². The van der Waals surface area contributed by atoms with E-state index in [-0.39, 0.29) is 0 Å². The van der Waals surface area contributed by atoms with Crippen molar-refractivity contribution >= 4 is 11.6 Å². The highest BCUT2D eigenvalue weighted by atomic mass is 35.5. The number of hydrogen-bond donors (Lipinski definition) is 1. The maximum absolute atomic E-state index is 6.03. The van der Waals surface area contributed by atoms with E-state index in [0.717, 1.165) is 30.7 Å². The molecule has 1 atom stereocenters. The van der Waals surface area contributed by atoms with E-state index in [0.29, 0.717) is 0 Å². The monoisotopic (exact) mass is 293 g/mol. The molecule has 0 aromatic heterocycles. The van der Waals surface area contributed by atoms with Gasteiger partial charge in [-0.15, -0.1) is 0 Å². The fourth-order valence-corrected chi connectivity index (χ4v) is 3.61. The Balaban J connectivity index is 1.57. The van der Waals surface area contributed by atoms with Crippen LogP contribution in [-0.4, -0.2) is 55.1 Å². The lowest BCUT2D eigenvalue weighted by Crippen LogP contribution is -2.49. The molecule has 2 fully saturated rings. The van der Waals surface area contributed by atoms with Crippen molar-refractivity contribution in [3.63, 3.8) is 0 Å². The van der Waals surface area contributed by atoms with Crippen LogP contribution in [0.1, 0.15) is 17.5 Å². The number of nitrogens with one attached hydrogen (secondary N) is 1. The summed E-state index contributed by atoms with van der Waals surface area (Å²) >= 11 is 6.03. The number of likely N-dealkylation sites (tertiary alicyclic amines) is 1. The first-order chi connectivity index (χ1) is 9.72. The van der Waals surface area contributed by atoms with Crippen LogP contribution in [0.4, 0.5) is 0 Å². The number of piperazine rings is 1. The normalized spacial score (nSPS) is 25.2. The number of benzene rings is 1. The molecule has 1 aromatic carbocycles. The van der Waals surface area contributed by atoms with Gasteiger partial charge in [0.15, 0.2) is 0 Å². The van der Waals surface area contributed by atoms with Crippen LogP contribution in [0.2, 0.25) is 5.02 Å². The van der Waals surface area contributed by atoms with E-state index in [1.807, 2.05) is 6.07 Å². The Bertz CT molecular complexity index is 457. The van der Waals surface area contributed by atoms with Gasteiger partial charge >= 0.3 is 0 Å². The van der Waals surface area contributed by atoms with Crippen molar-refractivity contribution in [3.05, 3.63) is 34.3 Å². The van der Waals surface area contributed by atoms with E-state index in [4.69, 9.17) is 11.6 Å². The number of rotatable bonds is 3. The minimum Gasteiger partial charge on any atom is -0.314 e. The Morgan fingerprint density at radius 1 is 1.25 bits per heavy atom. The van der Waals surface area contributed by atoms with E-state index < -0.39 is 0 Å². The molecule has 2 aliphatic heterocycles. The molecule has 3 rings (SSSR count). The van der Waals surface area contributed by atoms with Crippen LogP contribution >= 0.6 is 11.6 Å². The molecule has 0 saturated carbocycles. The SMILES string of the molecule is Cc1cc(Cl)ccc1CN1CCC(N2CCNCC2)C1. The minimum absolute atomic E-state index is 0.754. The van der Waals surface area contributed by atoms with Gasteiger partial charge < -0.3 is 5.32 Å². The molecule has 2 aliphatic rings. The Hall–Kier alpha value is -0.610. The molecule has 4 heteroatoms. The van der Waals surface area contributed by atoms with Crippen LogP contribution in [-0.2, 0) is 6.54 Å². The second kappa shape index (κ2) is 6.44. The molecule has 0 bridgehead atoms. The number of halogens is 1. The van der Waals surface area contributed by atoms with Gasteiger partial charge in [0.2, 0.25) is 0 Å². The smallest absolute Gasteiger partial charge is 0.0408 e. The highest BCUT2D eigenvalue weighted by molar-refractivity contribution is 6.30. The molecular formula is C16H24ClN3. The molecule has 0 amide bonds. The van der Waals surface area contributed by atoms with Crippen LogP contribution in [0.3, 0.4) is 0 Å². The van der Waals surface area contributed by atoms with E-state index in [1.165, 1.54) is 43.7 Å². The lowest BCUT2D eigenvalue weighted by Gasteiger charge is -2.32. The maximum atomic E-state index is 6.03. The van der Waals surface area contributed by atoms with Crippen molar-refractivity contribution in [2.24, 2.45) is 0 Å². The molecule has 0 aliphatic carbocycles. The van der Waals surface area contributed by atoms with E-state index in [2.05, 4.69) is 34.2 Å². The average molecular weight is 294 g/mol. The van der Waals surface area contributed by atoms with Crippen molar-refractivity contribution in [1.82, 2.24) is 15.1 Å². The first-order valence-corrected chi connectivity index (χ1v) is 8.02. The Labute approximate surface area is 126 Å². The van der Waals surface area contributed by atoms with Gasteiger partial charge in [0.25, 0.3) is 0 Å². The van der Waals surface area contributed by atoms with Crippen LogP contribution in [0.15, 0.2) is 18.2 Å². The molecule has 2 heterocycles. The van der Waals surface area contributed by atoms with Crippen LogP contribution in [0, 0.1) is 6.92 Å². The zero-order valence-electron chi connectivity index (χ0n) is 12.2. The summed E-state index contributed by atoms with van der Waals surface area (Å²) in [4.78, 5) is 5.24. The molecule has 0 radical (unpaired) electrons. The molecule has 1 aromatic rings. The summed E-state index contributed by atoms with van der Waals surface area (Å²) in [5.41, 5.74) is 2.72. The summed E-state index contributed by atoms with van der Waals surface area (Å²) in [6.07, 6.45) is 1.31. The van der Waals surface area contributed by atoms with Crippen LogP contribution in [0.25, 0.3) is 0 Å². The zero-order valence-corrected chi connectivity index (χ0v) is 13.0. The fourth-order valence-electron chi connectivity index (χ4n) is 3.38. The molecule has 2 saturated heterocycles. The number of aryl methyl sites for hydroxylation is 1. The molecule has 110 valence electrons. The standard InChI is InChI=1S/C16H24ClN3/c1-13-10-15(17)3-2-14(13)11-19-7-4-16(12-19)20-8-5-18-6-9-20/h2-3,10,16,18H,4-9,11-12H2,1H3. The first-order valence-electron chi connectivity index (χ1n) is 7.64. The van der Waals surface area contributed by atoms with Gasteiger partial charge in [-0.2, -0.15) is 0 Å². The summed E-state index contributed by atoms with van der Waals surface area (Å²) in [6, 6.07) is 7.01. The summed E-state index contributed by atoms with van der Waals surface area (Å²) in [5.74, 6) is 0. The Morgan fingerprint density at radius 2 is 2.05 bits per heavy atom. The molecule has 1 unspecified atom stereocenters. The predicted molar refractivity (Wildman–Crippen MR) is 84.3 cm³/mol. The van der Waals surface area contributed by atoms with Crippen molar-refractivity contribution in [3.8, 4) is 0 Å². The van der Waals surface area contributed by atoms with Gasteiger partial charge in [0.05, 0.1) is 0 Å². The third-order valence-corrected chi connectivity index (χ3v) is 4.85. The molecule has 3 nitrogen and oxygen atoms in total. The summed E-state index contributed by atoms with van der Waals surface area (Å²) in [5, 5.41) is 4.27. The Kier molecular flexibility index (Phi) is 4.61. The predicted octanol–water partition coefficient (Wildman–Crippen LogP) is 2.13. The lowest BCUT2D eigenvalue weighted by atomic mass is 10.1. The zero-order chi connectivity index (χ0) is 13.9. The van der Waals surface area contributed by atoms with Gasteiger partial charge in [-0.25, -0.2) is 0 Å². The molecule has 20 heavy (non-hydrogen) atoms. The van der Waals surface area contributed by atoms with Crippen molar-refractivity contribution < 1.29 is 0 Å². The molecule has 0 spiro atoms. The number of nitrogens with zero attached hydrogens (tertiary/aromatic N) is 2. The molecular weight excluding hydrogens is 270 g/mol. The van der Waals surface area contributed by atoms with E-state index in [9.17, 15) is 0 Å². The van der Waals surface area contributed by atoms with Gasteiger partial charge in [-0.3, -0.25) is 9.80 Å². The quantitative estimate of drug-likeness (QED) is 0.921. The topological polar surface area (TPSA) is 18.5 Å². The van der Waals surface area contributed by atoms with E-state index >= 15 is 0 Å². The highest BCUT2D eigenvalue weighted by Crippen LogP contribution is 2.21. The maximum Gasteiger partial charge on any atom is 0.0408 e. The highest BCUT2D eigenvalue weighted by Gasteiger charge is 2.28. The summed E-state index contributed by atoms with van der Waals surface area (Å²) in [6.45, 7) is 10.4. The van der Waals surface area contributed by atoms with Crippen molar-refractivity contribution in [2.75, 3.05) is 39.3 Å². The van der Waals surface area contributed by atoms with E-state index in [1.54, 1.807) is 0 Å². The fraction of sp³-hybridized carbons (Fsp3) is 0.625. The number of hydrogen-bond acceptors (Lipinski definition) is 3. The second-order valence-corrected chi connectivity index (χ2v) is 6.47. The van der Waals surface area contributed by atoms with Gasteiger partial charge in [0, 0.05) is 56.9 Å². The average Bonchev–Trinajstić information content (AvgIpc) is 2.92. The minimum atomic E-state index is 0.754. The lowest BCUT2D eigenvalue weighted by molar-refractivity contribution is 0.170. The largest absolute Gasteiger partial charge is 0.314 e. The second-order valence-electron chi connectivity index (χ2n) is 6.03. The third-order valence-electron chi connectivity index (χ3n) is 4.61. The Morgan fingerprint density at radius 3 is 2.80 bits per heavy atom. The van der Waals surface area contributed by atoms with Crippen molar-refractivity contribution in [2.45, 2.75) is 25.9 Å². The van der Waals surface area contributed by atoms with Gasteiger partial charge in [0.1, 0.15) is 0 Å². The first kappa shape index (κ1) is 14.3.